The SMILES string of the molecule is CC(=O)Oc1ccc(C(O)CNCCCCCCOCCO[C@@H](C)c2ccccc2)cc1CO. The zero-order valence-electron chi connectivity index (χ0n) is 20.4. The maximum atomic E-state index is 11.1. The summed E-state index contributed by atoms with van der Waals surface area (Å²) in [5.41, 5.74) is 2.33. The molecule has 0 aliphatic heterocycles. The van der Waals surface area contributed by atoms with Crippen LogP contribution in [0, 0.1) is 0 Å². The maximum absolute atomic E-state index is 11.1. The average molecular weight is 474 g/mol. The van der Waals surface area contributed by atoms with Gasteiger partial charge in [-0.3, -0.25) is 4.79 Å². The van der Waals surface area contributed by atoms with E-state index in [1.54, 1.807) is 18.2 Å². The molecule has 0 aromatic heterocycles. The summed E-state index contributed by atoms with van der Waals surface area (Å²) in [7, 11) is 0. The van der Waals surface area contributed by atoms with E-state index < -0.39 is 12.1 Å². The minimum absolute atomic E-state index is 0.0765. The molecule has 0 aliphatic rings. The predicted octanol–water partition coefficient (Wildman–Crippen LogP) is 4.08. The number of hydrogen-bond donors (Lipinski definition) is 3. The number of benzene rings is 2. The Hall–Kier alpha value is -2.29. The highest BCUT2D eigenvalue weighted by molar-refractivity contribution is 5.69. The van der Waals surface area contributed by atoms with E-state index in [-0.39, 0.29) is 12.7 Å². The first-order chi connectivity index (χ1) is 16.5. The van der Waals surface area contributed by atoms with Crippen LogP contribution in [0.5, 0.6) is 5.75 Å². The number of carbonyl (C=O) groups is 1. The van der Waals surface area contributed by atoms with E-state index in [0.29, 0.717) is 36.6 Å². The van der Waals surface area contributed by atoms with E-state index in [9.17, 15) is 15.0 Å². The highest BCUT2D eigenvalue weighted by Crippen LogP contribution is 2.24. The second kappa shape index (κ2) is 16.4. The van der Waals surface area contributed by atoms with Gasteiger partial charge in [-0.05, 0) is 49.6 Å². The third-order valence-corrected chi connectivity index (χ3v) is 5.49. The van der Waals surface area contributed by atoms with Crippen LogP contribution in [0.15, 0.2) is 48.5 Å². The van der Waals surface area contributed by atoms with Crippen molar-refractivity contribution < 1.29 is 29.2 Å². The normalized spacial score (nSPS) is 12.9. The number of nitrogens with one attached hydrogen (secondary N) is 1. The number of hydrogen-bond acceptors (Lipinski definition) is 7. The molecule has 2 aromatic rings. The number of rotatable bonds is 17. The molecule has 0 amide bonds. The van der Waals surface area contributed by atoms with Gasteiger partial charge in [0, 0.05) is 25.6 Å². The maximum Gasteiger partial charge on any atom is 0.308 e. The molecule has 0 radical (unpaired) electrons. The van der Waals surface area contributed by atoms with E-state index in [1.807, 2.05) is 18.2 Å². The topological polar surface area (TPSA) is 97.3 Å². The van der Waals surface area contributed by atoms with Crippen molar-refractivity contribution in [3.05, 3.63) is 65.2 Å². The summed E-state index contributed by atoms with van der Waals surface area (Å²) in [6, 6.07) is 15.1. The van der Waals surface area contributed by atoms with Crippen LogP contribution in [-0.4, -0.2) is 49.1 Å². The summed E-state index contributed by atoms with van der Waals surface area (Å²) in [5.74, 6) is -0.129. The molecule has 2 atom stereocenters. The number of unbranched alkanes of at least 4 members (excludes halogenated alkanes) is 3. The molecule has 7 heteroatoms. The van der Waals surface area contributed by atoms with E-state index in [1.165, 1.54) is 12.5 Å². The van der Waals surface area contributed by atoms with Gasteiger partial charge in [0.1, 0.15) is 5.75 Å². The van der Waals surface area contributed by atoms with Crippen molar-refractivity contribution >= 4 is 5.97 Å². The van der Waals surface area contributed by atoms with Gasteiger partial charge in [-0.1, -0.05) is 49.2 Å². The molecule has 0 saturated carbocycles. The van der Waals surface area contributed by atoms with Crippen LogP contribution in [0.25, 0.3) is 0 Å². The lowest BCUT2D eigenvalue weighted by Gasteiger charge is -2.15. The Balaban J connectivity index is 1.47. The minimum atomic E-state index is -0.697. The van der Waals surface area contributed by atoms with Crippen LogP contribution in [0.1, 0.15) is 68.4 Å². The Morgan fingerprint density at radius 1 is 0.971 bits per heavy atom. The summed E-state index contributed by atoms with van der Waals surface area (Å²) >= 11 is 0. The Kier molecular flexibility index (Phi) is 13.4. The van der Waals surface area contributed by atoms with Gasteiger partial charge in [0.05, 0.1) is 32.0 Å². The molecule has 0 spiro atoms. The van der Waals surface area contributed by atoms with Gasteiger partial charge in [0.25, 0.3) is 0 Å². The van der Waals surface area contributed by atoms with Gasteiger partial charge in [-0.15, -0.1) is 0 Å². The summed E-state index contributed by atoms with van der Waals surface area (Å²) in [6.45, 7) is 6.28. The van der Waals surface area contributed by atoms with E-state index in [2.05, 4.69) is 24.4 Å². The third-order valence-electron chi connectivity index (χ3n) is 5.49. The second-order valence-corrected chi connectivity index (χ2v) is 8.29. The fourth-order valence-electron chi connectivity index (χ4n) is 3.56. The molecule has 0 aliphatic carbocycles. The molecule has 0 saturated heterocycles. The lowest BCUT2D eigenvalue weighted by molar-refractivity contribution is -0.131. The van der Waals surface area contributed by atoms with Crippen LogP contribution < -0.4 is 10.1 Å². The van der Waals surface area contributed by atoms with E-state index in [4.69, 9.17) is 14.2 Å². The van der Waals surface area contributed by atoms with Crippen molar-refractivity contribution in [2.45, 2.75) is 58.3 Å². The van der Waals surface area contributed by atoms with Crippen molar-refractivity contribution in [1.82, 2.24) is 5.32 Å². The number of ether oxygens (including phenoxy) is 3. The summed E-state index contributed by atoms with van der Waals surface area (Å²) in [6.07, 6.45) is 3.63. The van der Waals surface area contributed by atoms with Gasteiger partial charge in [0.2, 0.25) is 0 Å². The fourth-order valence-corrected chi connectivity index (χ4v) is 3.56. The minimum Gasteiger partial charge on any atom is -0.426 e. The third kappa shape index (κ3) is 10.8. The van der Waals surface area contributed by atoms with Gasteiger partial charge in [-0.2, -0.15) is 0 Å². The van der Waals surface area contributed by atoms with Gasteiger partial charge >= 0.3 is 5.97 Å². The zero-order valence-corrected chi connectivity index (χ0v) is 20.4. The fraction of sp³-hybridized carbons (Fsp3) is 0.519. The first-order valence-electron chi connectivity index (χ1n) is 12.1. The number of esters is 1. The van der Waals surface area contributed by atoms with Gasteiger partial charge in [0.15, 0.2) is 0 Å². The Labute approximate surface area is 203 Å². The molecule has 3 N–H and O–H groups in total. The number of aliphatic hydroxyl groups excluding tert-OH is 2. The molecule has 34 heavy (non-hydrogen) atoms. The molecule has 188 valence electrons. The molecule has 0 fully saturated rings. The van der Waals surface area contributed by atoms with Crippen LogP contribution in [-0.2, 0) is 20.9 Å². The zero-order chi connectivity index (χ0) is 24.6. The molecule has 0 heterocycles. The smallest absolute Gasteiger partial charge is 0.308 e. The Morgan fingerprint density at radius 2 is 1.74 bits per heavy atom. The first-order valence-corrected chi connectivity index (χ1v) is 12.1. The second-order valence-electron chi connectivity index (χ2n) is 8.29. The molecular formula is C27H39NO6. The van der Waals surface area contributed by atoms with E-state index >= 15 is 0 Å². The van der Waals surface area contributed by atoms with Crippen LogP contribution in [0.3, 0.4) is 0 Å². The van der Waals surface area contributed by atoms with Crippen molar-refractivity contribution in [3.8, 4) is 5.75 Å². The van der Waals surface area contributed by atoms with Crippen molar-refractivity contribution in [1.29, 1.82) is 0 Å². The van der Waals surface area contributed by atoms with Crippen molar-refractivity contribution in [3.63, 3.8) is 0 Å². The van der Waals surface area contributed by atoms with Gasteiger partial charge < -0.3 is 29.7 Å². The van der Waals surface area contributed by atoms with Crippen molar-refractivity contribution in [2.24, 2.45) is 0 Å². The lowest BCUT2D eigenvalue weighted by atomic mass is 10.1. The first kappa shape index (κ1) is 28.0. The quantitative estimate of drug-likeness (QED) is 0.181. The summed E-state index contributed by atoms with van der Waals surface area (Å²) < 4.78 is 16.5. The molecule has 1 unspecified atom stereocenters. The molecule has 0 bridgehead atoms. The van der Waals surface area contributed by atoms with Crippen molar-refractivity contribution in [2.75, 3.05) is 32.9 Å². The molecule has 2 aromatic carbocycles. The highest BCUT2D eigenvalue weighted by atomic mass is 16.5. The average Bonchev–Trinajstić information content (AvgIpc) is 2.84. The summed E-state index contributed by atoms with van der Waals surface area (Å²) in [4.78, 5) is 11.1. The standard InChI is InChI=1S/C27H39NO6/c1-21(23-10-6-5-7-11-23)33-17-16-32-15-9-4-3-8-14-28-19-26(31)24-12-13-27(34-22(2)30)25(18-24)20-29/h5-7,10-13,18,21,26,28-29,31H,3-4,8-9,14-17,19-20H2,1-2H3/t21-,26?/m0/s1. The summed E-state index contributed by atoms with van der Waals surface area (Å²) in [5, 5.41) is 23.1. The number of carbonyl (C=O) groups excluding carboxylic acids is 1. The molecule has 7 nitrogen and oxygen atoms in total. The molecular weight excluding hydrogens is 434 g/mol. The lowest BCUT2D eigenvalue weighted by Crippen LogP contribution is -2.22. The monoisotopic (exact) mass is 473 g/mol. The van der Waals surface area contributed by atoms with Crippen LogP contribution in [0.4, 0.5) is 0 Å². The van der Waals surface area contributed by atoms with E-state index in [0.717, 1.165) is 38.8 Å². The van der Waals surface area contributed by atoms with Gasteiger partial charge in [-0.25, -0.2) is 0 Å². The predicted molar refractivity (Wildman–Crippen MR) is 132 cm³/mol. The Bertz CT molecular complexity index is 829. The highest BCUT2D eigenvalue weighted by Gasteiger charge is 2.12. The largest absolute Gasteiger partial charge is 0.426 e. The van der Waals surface area contributed by atoms with Crippen LogP contribution in [0.2, 0.25) is 0 Å². The Morgan fingerprint density at radius 3 is 2.47 bits per heavy atom. The molecule has 2 rings (SSSR count). The van der Waals surface area contributed by atoms with Crippen LogP contribution >= 0.6 is 0 Å². The number of aliphatic hydroxyl groups is 2.